The molecule has 0 heterocycles. The monoisotopic (exact) mass is 204 g/mol. The second-order valence-electron chi connectivity index (χ2n) is 0. The van der Waals surface area contributed by atoms with Crippen molar-refractivity contribution in [3.63, 3.8) is 0 Å². The average molecular weight is 205 g/mol. The van der Waals surface area contributed by atoms with E-state index in [1.165, 1.54) is 0 Å². The molecular weight excluding hydrogens is 205 g/mol. The summed E-state index contributed by atoms with van der Waals surface area (Å²) in [5.41, 5.74) is 0. The summed E-state index contributed by atoms with van der Waals surface area (Å²) in [4.78, 5) is 0. The zero-order chi connectivity index (χ0) is 6.00. The fourth-order valence-electron chi connectivity index (χ4n) is 0. The van der Waals surface area contributed by atoms with E-state index in [9.17, 15) is 0 Å². The van der Waals surface area contributed by atoms with Crippen LogP contribution in [0.15, 0.2) is 0 Å². The number of hydrogen-bond donors (Lipinski definition) is 0. The van der Waals surface area contributed by atoms with Gasteiger partial charge in [-0.05, 0) is 0 Å². The standard InChI is InChI=1S/3CN.2Cu/c3*1-2;;/q3*-1;+1;+2. The molecule has 0 aromatic carbocycles. The van der Waals surface area contributed by atoms with Crippen LogP contribution >= 0.6 is 0 Å². The smallest absolute Gasteiger partial charge is 0.512 e. The molecule has 0 aromatic heterocycles. The molecule has 0 aliphatic carbocycles. The predicted molar refractivity (Wildman–Crippen MR) is 14.9 cm³/mol. The molecule has 49 valence electrons. The maximum atomic E-state index is 6.25. The molecule has 0 atom stereocenters. The minimum atomic E-state index is 0. The first kappa shape index (κ1) is 50.5. The Labute approximate surface area is 69.8 Å². The van der Waals surface area contributed by atoms with Gasteiger partial charge in [-0.25, -0.2) is 0 Å². The Morgan fingerprint density at radius 2 is 0.625 bits per heavy atom. The Morgan fingerprint density at radius 3 is 0.625 bits per heavy atom. The van der Waals surface area contributed by atoms with Gasteiger partial charge in [0, 0.05) is 0 Å². The van der Waals surface area contributed by atoms with Gasteiger partial charge in [-0.1, -0.05) is 0 Å². The van der Waals surface area contributed by atoms with Gasteiger partial charge in [0.15, 0.2) is 0 Å². The topological polar surface area (TPSA) is 71.4 Å². The number of rotatable bonds is 0. The second-order valence-corrected chi connectivity index (χ2v) is 0. The molecule has 0 rings (SSSR count). The normalized spacial score (nSPS) is 0.750. The molecule has 0 saturated heterocycles. The summed E-state index contributed by atoms with van der Waals surface area (Å²) >= 11 is 0. The van der Waals surface area contributed by atoms with Gasteiger partial charge in [-0.15, -0.1) is 0 Å². The van der Waals surface area contributed by atoms with E-state index in [2.05, 4.69) is 0 Å². The molecule has 0 aromatic rings. The van der Waals surface area contributed by atoms with Crippen LogP contribution in [0, 0.1) is 35.5 Å². The largest absolute Gasteiger partial charge is 2.00 e. The van der Waals surface area contributed by atoms with Crippen LogP contribution in [0.5, 0.6) is 0 Å². The van der Waals surface area contributed by atoms with Crippen LogP contribution in [0.4, 0.5) is 0 Å². The first-order valence-corrected chi connectivity index (χ1v) is 0.671. The molecule has 0 aliphatic heterocycles. The molecule has 1 radical (unpaired) electrons. The second kappa shape index (κ2) is 819. The first-order chi connectivity index (χ1) is 3.00. The van der Waals surface area contributed by atoms with Crippen LogP contribution in [0.2, 0.25) is 0 Å². The van der Waals surface area contributed by atoms with Crippen molar-refractivity contribution in [2.45, 2.75) is 0 Å². The zero-order valence-corrected chi connectivity index (χ0v) is 5.33. The maximum absolute atomic E-state index is 6.25. The molecule has 5 heteroatoms. The predicted octanol–water partition coefficient (Wildman–Crippen LogP) is 0.284. The van der Waals surface area contributed by atoms with Crippen molar-refractivity contribution in [1.82, 2.24) is 0 Å². The van der Waals surface area contributed by atoms with E-state index in [1.807, 2.05) is 0 Å². The van der Waals surface area contributed by atoms with Crippen molar-refractivity contribution in [3.8, 4) is 0 Å². The summed E-state index contributed by atoms with van der Waals surface area (Å²) in [6.45, 7) is 14.2. The summed E-state index contributed by atoms with van der Waals surface area (Å²) in [5, 5.41) is 18.8. The van der Waals surface area contributed by atoms with E-state index >= 15 is 0 Å². The fourth-order valence-corrected chi connectivity index (χ4v) is 0. The van der Waals surface area contributed by atoms with Crippen molar-refractivity contribution < 1.29 is 34.1 Å². The van der Waals surface area contributed by atoms with Gasteiger partial charge in [-0.2, -0.15) is 0 Å². The van der Waals surface area contributed by atoms with Crippen molar-refractivity contribution in [1.29, 1.82) is 15.8 Å². The Morgan fingerprint density at radius 1 is 0.625 bits per heavy atom. The van der Waals surface area contributed by atoms with E-state index in [0.717, 1.165) is 0 Å². The average Bonchev–Trinajstić information content (AvgIpc) is 1.81. The third-order valence-corrected chi connectivity index (χ3v) is 0. The molecule has 0 saturated carbocycles. The van der Waals surface area contributed by atoms with Gasteiger partial charge in [0.1, 0.15) is 0 Å². The molecule has 8 heavy (non-hydrogen) atoms. The third-order valence-electron chi connectivity index (χ3n) is 0. The fraction of sp³-hybridized carbons (Fsp3) is 0. The summed E-state index contributed by atoms with van der Waals surface area (Å²) in [6, 6.07) is 0. The van der Waals surface area contributed by atoms with E-state index < -0.39 is 0 Å². The van der Waals surface area contributed by atoms with E-state index in [0.29, 0.717) is 0 Å². The molecule has 0 amide bonds. The van der Waals surface area contributed by atoms with Crippen LogP contribution in [-0.4, -0.2) is 0 Å². The minimum absolute atomic E-state index is 0. The van der Waals surface area contributed by atoms with Gasteiger partial charge < -0.3 is 35.5 Å². The van der Waals surface area contributed by atoms with Crippen LogP contribution in [0.25, 0.3) is 0 Å². The molecule has 0 bridgehead atoms. The molecule has 0 fully saturated rings. The first-order valence-electron chi connectivity index (χ1n) is 0.671. The van der Waals surface area contributed by atoms with Crippen LogP contribution < -0.4 is 0 Å². The molecule has 0 aliphatic rings. The van der Waals surface area contributed by atoms with Gasteiger partial charge in [-0.3, -0.25) is 0 Å². The quantitative estimate of drug-likeness (QED) is 0.421. The van der Waals surface area contributed by atoms with E-state index in [4.69, 9.17) is 35.5 Å². The zero-order valence-electron chi connectivity index (χ0n) is 3.44. The van der Waals surface area contributed by atoms with Crippen LogP contribution in [-0.2, 0) is 34.1 Å². The molecular formula is C3Cu2N3. The molecule has 3 nitrogen and oxygen atoms in total. The number of nitrogens with zero attached hydrogens (tertiary/aromatic N) is 3. The van der Waals surface area contributed by atoms with Crippen LogP contribution in [0.1, 0.15) is 0 Å². The Hall–Kier alpha value is -0.491. The van der Waals surface area contributed by atoms with E-state index in [1.54, 1.807) is 0 Å². The van der Waals surface area contributed by atoms with Crippen molar-refractivity contribution >= 4 is 0 Å². The Bertz CT molecular complexity index is 41.0. The summed E-state index contributed by atoms with van der Waals surface area (Å²) in [5.74, 6) is 0. The van der Waals surface area contributed by atoms with Gasteiger partial charge in [0.25, 0.3) is 0 Å². The van der Waals surface area contributed by atoms with Gasteiger partial charge in [0.2, 0.25) is 0 Å². The van der Waals surface area contributed by atoms with Crippen molar-refractivity contribution in [2.75, 3.05) is 0 Å². The molecule has 0 spiro atoms. The Balaban J connectivity index is -0.00000000500. The van der Waals surface area contributed by atoms with Gasteiger partial charge >= 0.3 is 34.1 Å². The molecule has 0 unspecified atom stereocenters. The van der Waals surface area contributed by atoms with Crippen LogP contribution in [0.3, 0.4) is 0 Å². The van der Waals surface area contributed by atoms with Crippen molar-refractivity contribution in [3.05, 3.63) is 19.7 Å². The Kier molecular flexibility index (Phi) is 5180. The van der Waals surface area contributed by atoms with E-state index in [-0.39, 0.29) is 34.1 Å². The summed E-state index contributed by atoms with van der Waals surface area (Å²) in [6.07, 6.45) is 0. The molecule has 0 N–H and O–H groups in total. The summed E-state index contributed by atoms with van der Waals surface area (Å²) in [7, 11) is 0. The summed E-state index contributed by atoms with van der Waals surface area (Å²) < 4.78 is 0. The van der Waals surface area contributed by atoms with Crippen molar-refractivity contribution in [2.24, 2.45) is 0 Å². The number of hydrogen-bond acceptors (Lipinski definition) is 3. The van der Waals surface area contributed by atoms with Gasteiger partial charge in [0.05, 0.1) is 0 Å². The SMILES string of the molecule is [C-]#N.[C-]#N.[C-]#N.[Cu+2].[Cu+]. The minimum Gasteiger partial charge on any atom is -0.512 e. The third kappa shape index (κ3) is 465. The maximum Gasteiger partial charge on any atom is 2.00 e.